The molecular weight excluding hydrogens is 349 g/mol. The average Bonchev–Trinajstić information content (AvgIpc) is 3.01. The van der Waals surface area contributed by atoms with Gasteiger partial charge < -0.3 is 10.2 Å². The van der Waals surface area contributed by atoms with Crippen molar-refractivity contribution in [3.63, 3.8) is 0 Å². The first kappa shape index (κ1) is 16.5. The van der Waals surface area contributed by atoms with Gasteiger partial charge in [-0.2, -0.15) is 20.1 Å². The van der Waals surface area contributed by atoms with Gasteiger partial charge >= 0.3 is 0 Å². The van der Waals surface area contributed by atoms with E-state index in [9.17, 15) is 0 Å². The molecule has 7 nitrogen and oxygen atoms in total. The van der Waals surface area contributed by atoms with Crippen molar-refractivity contribution in [3.8, 4) is 0 Å². The molecule has 2 heterocycles. The maximum Gasteiger partial charge on any atom is 0.235 e. The molecule has 0 radical (unpaired) electrons. The van der Waals surface area contributed by atoms with Crippen LogP contribution in [0.4, 0.5) is 23.4 Å². The van der Waals surface area contributed by atoms with E-state index in [1.54, 1.807) is 11.0 Å². The van der Waals surface area contributed by atoms with E-state index in [4.69, 9.17) is 23.2 Å². The van der Waals surface area contributed by atoms with Crippen LogP contribution in [-0.4, -0.2) is 32.2 Å². The summed E-state index contributed by atoms with van der Waals surface area (Å²) in [5, 5.41) is 10.8. The maximum atomic E-state index is 6.03. The number of aromatic nitrogens is 5. The normalized spacial score (nSPS) is 10.7. The molecule has 0 amide bonds. The Morgan fingerprint density at radius 3 is 2.71 bits per heavy atom. The van der Waals surface area contributed by atoms with Crippen LogP contribution in [0, 0.1) is 0 Å². The highest BCUT2D eigenvalue weighted by atomic mass is 35.5. The predicted molar refractivity (Wildman–Crippen MR) is 95.6 cm³/mol. The Balaban J connectivity index is 1.88. The van der Waals surface area contributed by atoms with Gasteiger partial charge in [-0.25, -0.2) is 0 Å². The van der Waals surface area contributed by atoms with Gasteiger partial charge in [0.25, 0.3) is 0 Å². The van der Waals surface area contributed by atoms with E-state index in [0.717, 1.165) is 17.8 Å². The number of halogens is 2. The van der Waals surface area contributed by atoms with Gasteiger partial charge in [0.15, 0.2) is 0 Å². The topological polar surface area (TPSA) is 82.6 Å². The monoisotopic (exact) mass is 363 g/mol. The van der Waals surface area contributed by atoms with E-state index in [2.05, 4.69) is 30.5 Å². The zero-order valence-corrected chi connectivity index (χ0v) is 14.6. The Labute approximate surface area is 149 Å². The van der Waals surface area contributed by atoms with Crippen LogP contribution in [0.15, 0.2) is 30.3 Å². The van der Waals surface area contributed by atoms with Crippen LogP contribution in [-0.2, 0) is 6.42 Å². The Bertz CT molecular complexity index is 849. The second-order valence-corrected chi connectivity index (χ2v) is 5.79. The molecule has 0 unspecified atom stereocenters. The van der Waals surface area contributed by atoms with Crippen LogP contribution in [0.1, 0.15) is 12.6 Å². The highest BCUT2D eigenvalue weighted by Gasteiger charge is 2.12. The minimum absolute atomic E-state index is 0.0895. The summed E-state index contributed by atoms with van der Waals surface area (Å²) in [4.78, 5) is 14.4. The molecule has 1 aromatic carbocycles. The van der Waals surface area contributed by atoms with Crippen LogP contribution in [0.3, 0.4) is 0 Å². The molecule has 0 aliphatic heterocycles. The molecule has 24 heavy (non-hydrogen) atoms. The van der Waals surface area contributed by atoms with Crippen LogP contribution in [0.2, 0.25) is 10.3 Å². The fourth-order valence-electron chi connectivity index (χ4n) is 2.07. The number of anilines is 4. The summed E-state index contributed by atoms with van der Waals surface area (Å²) in [5.41, 5.74) is 1.78. The van der Waals surface area contributed by atoms with E-state index in [1.165, 1.54) is 0 Å². The molecule has 2 N–H and O–H groups in total. The first-order valence-corrected chi connectivity index (χ1v) is 8.03. The van der Waals surface area contributed by atoms with Gasteiger partial charge in [-0.15, -0.1) is 0 Å². The third-order valence-corrected chi connectivity index (χ3v) is 3.74. The van der Waals surface area contributed by atoms with Gasteiger partial charge in [0.05, 0.1) is 5.69 Å². The lowest BCUT2D eigenvalue weighted by atomic mass is 10.3. The summed E-state index contributed by atoms with van der Waals surface area (Å²) < 4.78 is 0. The van der Waals surface area contributed by atoms with Crippen molar-refractivity contribution >= 4 is 46.6 Å². The summed E-state index contributed by atoms with van der Waals surface area (Å²) in [7, 11) is 1.83. The molecule has 3 rings (SSSR count). The third kappa shape index (κ3) is 3.74. The molecule has 2 aromatic heterocycles. The van der Waals surface area contributed by atoms with Gasteiger partial charge in [-0.05, 0) is 36.2 Å². The molecule has 0 saturated carbocycles. The number of aryl methyl sites for hydroxylation is 1. The molecule has 0 aliphatic carbocycles. The Morgan fingerprint density at radius 2 is 2.00 bits per heavy atom. The van der Waals surface area contributed by atoms with Crippen LogP contribution in [0.5, 0.6) is 0 Å². The summed E-state index contributed by atoms with van der Waals surface area (Å²) in [6.07, 6.45) is 0.832. The molecule has 0 bridgehead atoms. The Kier molecular flexibility index (Phi) is 4.82. The zero-order chi connectivity index (χ0) is 17.1. The van der Waals surface area contributed by atoms with Gasteiger partial charge in [0.1, 0.15) is 5.82 Å². The fraction of sp³-hybridized carbons (Fsp3) is 0.200. The van der Waals surface area contributed by atoms with Gasteiger partial charge in [0.2, 0.25) is 17.2 Å². The summed E-state index contributed by atoms with van der Waals surface area (Å²) in [6.45, 7) is 2.03. The highest BCUT2D eigenvalue weighted by Crippen LogP contribution is 2.25. The lowest BCUT2D eigenvalue weighted by Gasteiger charge is -2.17. The molecule has 0 saturated heterocycles. The molecular formula is C15H15Cl2N7. The number of rotatable bonds is 5. The average molecular weight is 364 g/mol. The molecule has 3 aromatic rings. The number of nitrogens with zero attached hydrogens (tertiary/aromatic N) is 5. The number of H-pyrrole nitrogens is 1. The first-order chi connectivity index (χ1) is 11.5. The van der Waals surface area contributed by atoms with E-state index in [1.807, 2.05) is 38.2 Å². The lowest BCUT2D eigenvalue weighted by Crippen LogP contribution is -2.14. The largest absolute Gasteiger partial charge is 0.313 e. The molecule has 124 valence electrons. The maximum absolute atomic E-state index is 6.03. The minimum atomic E-state index is 0.0895. The molecule has 0 spiro atoms. The summed E-state index contributed by atoms with van der Waals surface area (Å²) in [5.74, 6) is 1.41. The first-order valence-electron chi connectivity index (χ1n) is 7.27. The quantitative estimate of drug-likeness (QED) is 0.713. The fourth-order valence-corrected chi connectivity index (χ4v) is 2.41. The van der Waals surface area contributed by atoms with Crippen LogP contribution in [0.25, 0.3) is 0 Å². The van der Waals surface area contributed by atoms with Crippen molar-refractivity contribution in [1.82, 2.24) is 25.1 Å². The lowest BCUT2D eigenvalue weighted by molar-refractivity contribution is 0.968. The van der Waals surface area contributed by atoms with Gasteiger partial charge in [-0.3, -0.25) is 5.10 Å². The van der Waals surface area contributed by atoms with Crippen LogP contribution < -0.4 is 10.2 Å². The Morgan fingerprint density at radius 1 is 1.17 bits per heavy atom. The van der Waals surface area contributed by atoms with Crippen LogP contribution >= 0.6 is 23.2 Å². The van der Waals surface area contributed by atoms with E-state index in [0.29, 0.717) is 22.7 Å². The van der Waals surface area contributed by atoms with Crippen molar-refractivity contribution in [2.24, 2.45) is 0 Å². The van der Waals surface area contributed by atoms with Gasteiger partial charge in [0, 0.05) is 23.8 Å². The van der Waals surface area contributed by atoms with Crippen molar-refractivity contribution in [1.29, 1.82) is 0 Å². The third-order valence-electron chi connectivity index (χ3n) is 3.33. The highest BCUT2D eigenvalue weighted by molar-refractivity contribution is 6.30. The van der Waals surface area contributed by atoms with E-state index < -0.39 is 0 Å². The second-order valence-electron chi connectivity index (χ2n) is 5.02. The second kappa shape index (κ2) is 7.02. The predicted octanol–water partition coefficient (Wildman–Crippen LogP) is 3.98. The molecule has 0 aliphatic rings. The number of nitrogens with one attached hydrogen (secondary N) is 2. The standard InChI is InChI=1S/C15H15Cl2N7/c1-3-10-8-12(23-22-10)18-14-19-13(17)20-15(21-14)24(2)11-6-4-5-9(16)7-11/h4-8H,3H2,1-2H3,(H2,18,19,20,21,22,23). The molecule has 0 fully saturated rings. The summed E-state index contributed by atoms with van der Waals surface area (Å²) in [6, 6.07) is 9.26. The number of aromatic amines is 1. The number of hydrogen-bond donors (Lipinski definition) is 2. The smallest absolute Gasteiger partial charge is 0.235 e. The van der Waals surface area contributed by atoms with Crippen molar-refractivity contribution in [2.45, 2.75) is 13.3 Å². The molecule has 0 atom stereocenters. The van der Waals surface area contributed by atoms with Crippen molar-refractivity contribution in [3.05, 3.63) is 46.3 Å². The van der Waals surface area contributed by atoms with E-state index in [-0.39, 0.29) is 5.28 Å². The number of hydrogen-bond acceptors (Lipinski definition) is 6. The molecule has 9 heteroatoms. The Hall–Kier alpha value is -2.38. The van der Waals surface area contributed by atoms with E-state index >= 15 is 0 Å². The van der Waals surface area contributed by atoms with Crippen molar-refractivity contribution < 1.29 is 0 Å². The SMILES string of the molecule is CCc1cc(Nc2nc(Cl)nc(N(C)c3cccc(Cl)c3)n2)[nH]n1. The van der Waals surface area contributed by atoms with Gasteiger partial charge in [-0.1, -0.05) is 24.6 Å². The van der Waals surface area contributed by atoms with Crippen molar-refractivity contribution in [2.75, 3.05) is 17.3 Å². The number of benzene rings is 1. The summed E-state index contributed by atoms with van der Waals surface area (Å²) >= 11 is 12.1. The minimum Gasteiger partial charge on any atom is -0.313 e. The zero-order valence-electron chi connectivity index (χ0n) is 13.1.